The number of nitrogens with one attached hydrogen (secondary N) is 1. The Morgan fingerprint density at radius 1 is 0.927 bits per heavy atom. The fourth-order valence-electron chi connectivity index (χ4n) is 4.27. The van der Waals surface area contributed by atoms with Crippen molar-refractivity contribution in [2.24, 2.45) is 0 Å². The van der Waals surface area contributed by atoms with E-state index in [4.69, 9.17) is 32.7 Å². The molecular weight excluding hydrogens is 589 g/mol. The van der Waals surface area contributed by atoms with Crippen LogP contribution in [0, 0.1) is 0 Å². The number of anilines is 1. The first kappa shape index (κ1) is 32.0. The largest absolute Gasteiger partial charge is 0.497 e. The summed E-state index contributed by atoms with van der Waals surface area (Å²) >= 11 is 12.3. The minimum Gasteiger partial charge on any atom is -0.497 e. The minimum atomic E-state index is -4.28. The molecule has 9 nitrogen and oxygen atoms in total. The number of hydrogen-bond donors (Lipinski definition) is 1. The Morgan fingerprint density at radius 3 is 2.20 bits per heavy atom. The molecule has 3 rings (SSSR count). The van der Waals surface area contributed by atoms with E-state index in [0.29, 0.717) is 34.3 Å². The molecule has 2 amide bonds. The van der Waals surface area contributed by atoms with Gasteiger partial charge in [0.05, 0.1) is 34.8 Å². The minimum absolute atomic E-state index is 0.00624. The number of sulfonamides is 1. The summed E-state index contributed by atoms with van der Waals surface area (Å²) in [5, 5.41) is 3.40. The summed E-state index contributed by atoms with van der Waals surface area (Å²) in [7, 11) is -1.39. The number of para-hydroxylation sites is 2. The van der Waals surface area contributed by atoms with Gasteiger partial charge in [0.25, 0.3) is 10.0 Å². The van der Waals surface area contributed by atoms with Crippen molar-refractivity contribution >= 4 is 50.7 Å². The molecule has 0 aliphatic carbocycles. The number of nitrogens with zero attached hydrogens (tertiary/aromatic N) is 2. The average molecular weight is 623 g/mol. The lowest BCUT2D eigenvalue weighted by Gasteiger charge is -2.33. The summed E-state index contributed by atoms with van der Waals surface area (Å²) in [4.78, 5) is 28.4. The Balaban J connectivity index is 2.11. The van der Waals surface area contributed by atoms with Gasteiger partial charge in [-0.15, -0.1) is 0 Å². The molecule has 0 heterocycles. The highest BCUT2D eigenvalue weighted by atomic mass is 35.5. The number of ether oxygens (including phenoxy) is 2. The Labute approximate surface area is 251 Å². The van der Waals surface area contributed by atoms with Gasteiger partial charge >= 0.3 is 0 Å². The van der Waals surface area contributed by atoms with Crippen LogP contribution >= 0.6 is 23.2 Å². The molecule has 1 atom stereocenters. The lowest BCUT2D eigenvalue weighted by Crippen LogP contribution is -2.52. The lowest BCUT2D eigenvalue weighted by atomic mass is 10.1. The molecule has 0 fully saturated rings. The molecule has 41 heavy (non-hydrogen) atoms. The van der Waals surface area contributed by atoms with Gasteiger partial charge in [-0.05, 0) is 67.4 Å². The van der Waals surface area contributed by atoms with Crippen LogP contribution in [0.15, 0.2) is 71.6 Å². The van der Waals surface area contributed by atoms with E-state index >= 15 is 0 Å². The van der Waals surface area contributed by atoms with Crippen LogP contribution < -0.4 is 19.1 Å². The maximum Gasteiger partial charge on any atom is 0.264 e. The Kier molecular flexibility index (Phi) is 11.3. The van der Waals surface area contributed by atoms with Crippen LogP contribution in [0.25, 0.3) is 0 Å². The SMILES string of the molecule is CCNC(=O)[C@@H](CC)N(Cc1ccc(Cl)c(Cl)c1)C(=O)CN(c1ccccc1OC)S(=O)(=O)c1ccc(OC)cc1. The van der Waals surface area contributed by atoms with Crippen molar-refractivity contribution < 1.29 is 27.5 Å². The van der Waals surface area contributed by atoms with Gasteiger partial charge in [-0.2, -0.15) is 0 Å². The molecule has 0 aliphatic rings. The van der Waals surface area contributed by atoms with Crippen LogP contribution in [0.5, 0.6) is 11.5 Å². The first-order chi connectivity index (χ1) is 19.6. The van der Waals surface area contributed by atoms with Crippen LogP contribution in [0.4, 0.5) is 5.69 Å². The third kappa shape index (κ3) is 7.63. The normalized spacial score (nSPS) is 11.9. The van der Waals surface area contributed by atoms with E-state index in [1.54, 1.807) is 56.3 Å². The molecule has 0 spiro atoms. The highest BCUT2D eigenvalue weighted by Gasteiger charge is 2.34. The predicted octanol–water partition coefficient (Wildman–Crippen LogP) is 5.15. The molecule has 0 saturated carbocycles. The van der Waals surface area contributed by atoms with Crippen molar-refractivity contribution in [3.63, 3.8) is 0 Å². The molecule has 3 aromatic carbocycles. The van der Waals surface area contributed by atoms with Gasteiger partial charge in [0.15, 0.2) is 0 Å². The fourth-order valence-corrected chi connectivity index (χ4v) is 6.02. The number of hydrogen-bond acceptors (Lipinski definition) is 6. The van der Waals surface area contributed by atoms with E-state index < -0.39 is 28.5 Å². The smallest absolute Gasteiger partial charge is 0.264 e. The maximum absolute atomic E-state index is 14.1. The molecule has 12 heteroatoms. The molecule has 220 valence electrons. The number of likely N-dealkylation sites (N-methyl/N-ethyl adjacent to an activating group) is 1. The number of rotatable bonds is 13. The van der Waals surface area contributed by atoms with Gasteiger partial charge in [-0.25, -0.2) is 8.42 Å². The summed E-state index contributed by atoms with van der Waals surface area (Å²) in [6, 6.07) is 16.4. The molecule has 0 radical (unpaired) electrons. The lowest BCUT2D eigenvalue weighted by molar-refractivity contribution is -0.140. The first-order valence-corrected chi connectivity index (χ1v) is 15.1. The number of methoxy groups -OCH3 is 2. The Morgan fingerprint density at radius 2 is 1.61 bits per heavy atom. The van der Waals surface area contributed by atoms with Gasteiger partial charge < -0.3 is 19.7 Å². The molecule has 0 saturated heterocycles. The second-order valence-electron chi connectivity index (χ2n) is 8.95. The standard InChI is InChI=1S/C29H33Cl2N3O6S/c1-5-25(29(36)32-6-2)33(18-20-11-16-23(30)24(31)17-20)28(35)19-34(26-9-7-8-10-27(26)40-4)41(37,38)22-14-12-21(39-3)13-15-22/h7-17,25H,5-6,18-19H2,1-4H3,(H,32,36)/t25-/m1/s1. The van der Waals surface area contributed by atoms with Gasteiger partial charge in [-0.3, -0.25) is 13.9 Å². The van der Waals surface area contributed by atoms with Gasteiger partial charge in [0.1, 0.15) is 24.1 Å². The topological polar surface area (TPSA) is 105 Å². The summed E-state index contributed by atoms with van der Waals surface area (Å²) in [5.41, 5.74) is 0.789. The number of carbonyl (C=O) groups is 2. The Hall–Kier alpha value is -3.47. The van der Waals surface area contributed by atoms with Gasteiger partial charge in [-0.1, -0.05) is 48.3 Å². The van der Waals surface area contributed by atoms with Crippen LogP contribution in [-0.4, -0.2) is 58.5 Å². The third-order valence-corrected chi connectivity index (χ3v) is 8.87. The number of halogens is 2. The quantitative estimate of drug-likeness (QED) is 0.283. The summed E-state index contributed by atoms with van der Waals surface area (Å²) in [6.45, 7) is 3.31. The van der Waals surface area contributed by atoms with Crippen molar-refractivity contribution in [1.82, 2.24) is 10.2 Å². The van der Waals surface area contributed by atoms with Crippen molar-refractivity contribution in [1.29, 1.82) is 0 Å². The molecule has 0 bridgehead atoms. The van der Waals surface area contributed by atoms with E-state index in [2.05, 4.69) is 5.32 Å². The monoisotopic (exact) mass is 621 g/mol. The van der Waals surface area contributed by atoms with Crippen LogP contribution in [-0.2, 0) is 26.2 Å². The molecule has 1 N–H and O–H groups in total. The maximum atomic E-state index is 14.1. The zero-order chi connectivity index (χ0) is 30.2. The molecule has 3 aromatic rings. The van der Waals surface area contributed by atoms with Gasteiger partial charge in [0, 0.05) is 13.1 Å². The van der Waals surface area contributed by atoms with Crippen molar-refractivity contribution in [3.8, 4) is 11.5 Å². The van der Waals surface area contributed by atoms with E-state index in [9.17, 15) is 18.0 Å². The zero-order valence-corrected chi connectivity index (χ0v) is 25.6. The summed E-state index contributed by atoms with van der Waals surface area (Å²) in [5.74, 6) is -0.226. The average Bonchev–Trinajstić information content (AvgIpc) is 2.97. The fraction of sp³-hybridized carbons (Fsp3) is 0.310. The van der Waals surface area contributed by atoms with Crippen LogP contribution in [0.2, 0.25) is 10.0 Å². The van der Waals surface area contributed by atoms with Crippen molar-refractivity contribution in [3.05, 3.63) is 82.3 Å². The van der Waals surface area contributed by atoms with Crippen molar-refractivity contribution in [2.45, 2.75) is 37.8 Å². The Bertz CT molecular complexity index is 1470. The van der Waals surface area contributed by atoms with E-state index in [0.717, 1.165) is 4.31 Å². The van der Waals surface area contributed by atoms with Gasteiger partial charge in [0.2, 0.25) is 11.8 Å². The van der Waals surface area contributed by atoms with Crippen LogP contribution in [0.1, 0.15) is 25.8 Å². The number of carbonyl (C=O) groups excluding carboxylic acids is 2. The van der Waals surface area contributed by atoms with Crippen molar-refractivity contribution in [2.75, 3.05) is 31.6 Å². The predicted molar refractivity (Wildman–Crippen MR) is 160 cm³/mol. The zero-order valence-electron chi connectivity index (χ0n) is 23.3. The number of benzene rings is 3. The molecule has 0 aliphatic heterocycles. The van der Waals surface area contributed by atoms with Crippen LogP contribution in [0.3, 0.4) is 0 Å². The number of amides is 2. The van der Waals surface area contributed by atoms with E-state index in [1.165, 1.54) is 43.4 Å². The second-order valence-corrected chi connectivity index (χ2v) is 11.6. The molecule has 0 unspecified atom stereocenters. The highest BCUT2D eigenvalue weighted by molar-refractivity contribution is 7.92. The second kappa shape index (κ2) is 14.4. The molecular formula is C29H33Cl2N3O6S. The molecule has 0 aromatic heterocycles. The van der Waals surface area contributed by atoms with E-state index in [1.807, 2.05) is 0 Å². The first-order valence-electron chi connectivity index (χ1n) is 12.9. The highest BCUT2D eigenvalue weighted by Crippen LogP contribution is 2.33. The third-order valence-electron chi connectivity index (χ3n) is 6.35. The summed E-state index contributed by atoms with van der Waals surface area (Å²) < 4.78 is 39.7. The summed E-state index contributed by atoms with van der Waals surface area (Å²) in [6.07, 6.45) is 0.290. The van der Waals surface area contributed by atoms with E-state index in [-0.39, 0.29) is 28.8 Å².